The lowest BCUT2D eigenvalue weighted by Crippen LogP contribution is -2.22. The van der Waals surface area contributed by atoms with Gasteiger partial charge in [-0.25, -0.2) is 4.79 Å². The number of ether oxygens (including phenoxy) is 1. The van der Waals surface area contributed by atoms with Crippen LogP contribution in [0.15, 0.2) is 54.1 Å². The molecule has 0 spiro atoms. The first-order valence-corrected chi connectivity index (χ1v) is 7.37. The zero-order chi connectivity index (χ0) is 16.4. The fourth-order valence-corrected chi connectivity index (χ4v) is 2.60. The van der Waals surface area contributed by atoms with E-state index in [0.717, 1.165) is 22.3 Å². The summed E-state index contributed by atoms with van der Waals surface area (Å²) in [7, 11) is 0. The Morgan fingerprint density at radius 2 is 2.00 bits per heavy atom. The second kappa shape index (κ2) is 6.08. The standard InChI is InChI=1S/C19H16O4/c1-12(19(21)22)23-16-7-4-5-13(10-16)9-15-11-14-6-2-3-8-17(14)18(15)20/h2-10,12H,11H2,1H3,(H,21,22)/b15-9-/t12-/m0/s1. The SMILES string of the molecule is C[C@H](Oc1cccc(/C=C2/Cc3ccccc3C2=O)c1)C(=O)O. The van der Waals surface area contributed by atoms with Gasteiger partial charge in [-0.2, -0.15) is 0 Å². The van der Waals surface area contributed by atoms with Gasteiger partial charge in [0.25, 0.3) is 0 Å². The Labute approximate surface area is 134 Å². The third-order valence-corrected chi connectivity index (χ3v) is 3.79. The van der Waals surface area contributed by atoms with Gasteiger partial charge in [0.2, 0.25) is 0 Å². The van der Waals surface area contributed by atoms with Gasteiger partial charge in [0.1, 0.15) is 5.75 Å². The minimum Gasteiger partial charge on any atom is -0.479 e. The largest absolute Gasteiger partial charge is 0.479 e. The van der Waals surface area contributed by atoms with E-state index in [1.54, 1.807) is 18.2 Å². The highest BCUT2D eigenvalue weighted by atomic mass is 16.5. The van der Waals surface area contributed by atoms with E-state index in [1.807, 2.05) is 36.4 Å². The number of carbonyl (C=O) groups excluding carboxylic acids is 1. The van der Waals surface area contributed by atoms with Crippen molar-refractivity contribution in [2.24, 2.45) is 0 Å². The number of carbonyl (C=O) groups is 2. The highest BCUT2D eigenvalue weighted by Crippen LogP contribution is 2.28. The maximum absolute atomic E-state index is 12.4. The lowest BCUT2D eigenvalue weighted by atomic mass is 10.1. The van der Waals surface area contributed by atoms with Crippen molar-refractivity contribution in [3.63, 3.8) is 0 Å². The number of benzene rings is 2. The summed E-state index contributed by atoms with van der Waals surface area (Å²) in [6.45, 7) is 1.48. The van der Waals surface area contributed by atoms with E-state index in [9.17, 15) is 9.59 Å². The lowest BCUT2D eigenvalue weighted by Gasteiger charge is -2.10. The molecule has 0 unspecified atom stereocenters. The van der Waals surface area contributed by atoms with Crippen molar-refractivity contribution in [1.29, 1.82) is 0 Å². The van der Waals surface area contributed by atoms with Crippen molar-refractivity contribution in [1.82, 2.24) is 0 Å². The first-order chi connectivity index (χ1) is 11.0. The Morgan fingerprint density at radius 1 is 1.22 bits per heavy atom. The molecule has 0 aromatic heterocycles. The molecule has 116 valence electrons. The highest BCUT2D eigenvalue weighted by molar-refractivity contribution is 6.15. The van der Waals surface area contributed by atoms with E-state index in [4.69, 9.17) is 9.84 Å². The van der Waals surface area contributed by atoms with Crippen LogP contribution < -0.4 is 4.74 Å². The van der Waals surface area contributed by atoms with Crippen LogP contribution in [-0.2, 0) is 11.2 Å². The third kappa shape index (κ3) is 3.16. The van der Waals surface area contributed by atoms with E-state index in [-0.39, 0.29) is 5.78 Å². The maximum atomic E-state index is 12.4. The number of hydrogen-bond acceptors (Lipinski definition) is 3. The van der Waals surface area contributed by atoms with E-state index < -0.39 is 12.1 Å². The first-order valence-electron chi connectivity index (χ1n) is 7.37. The van der Waals surface area contributed by atoms with Crippen LogP contribution in [0.1, 0.15) is 28.4 Å². The van der Waals surface area contributed by atoms with Crippen molar-refractivity contribution in [3.8, 4) is 5.75 Å². The molecular formula is C19H16O4. The molecule has 4 nitrogen and oxygen atoms in total. The molecule has 2 aromatic carbocycles. The maximum Gasteiger partial charge on any atom is 0.344 e. The Kier molecular flexibility index (Phi) is 3.98. The molecule has 0 amide bonds. The van der Waals surface area contributed by atoms with E-state index in [0.29, 0.717) is 12.2 Å². The molecule has 1 N–H and O–H groups in total. The Hall–Kier alpha value is -2.88. The summed E-state index contributed by atoms with van der Waals surface area (Å²) in [5.41, 5.74) is 3.34. The van der Waals surface area contributed by atoms with Gasteiger partial charge in [-0.05, 0) is 36.3 Å². The summed E-state index contributed by atoms with van der Waals surface area (Å²) in [6, 6.07) is 14.7. The Balaban J connectivity index is 1.84. The number of allylic oxidation sites excluding steroid dienone is 1. The summed E-state index contributed by atoms with van der Waals surface area (Å²) in [4.78, 5) is 23.2. The molecule has 1 atom stereocenters. The molecule has 0 fully saturated rings. The predicted octanol–water partition coefficient (Wildman–Crippen LogP) is 3.36. The average molecular weight is 308 g/mol. The molecule has 1 aliphatic rings. The minimum absolute atomic E-state index is 0.0471. The first kappa shape index (κ1) is 15.0. The van der Waals surface area contributed by atoms with Crippen molar-refractivity contribution in [2.45, 2.75) is 19.4 Å². The van der Waals surface area contributed by atoms with Crippen molar-refractivity contribution < 1.29 is 19.4 Å². The van der Waals surface area contributed by atoms with Crippen LogP contribution in [0.25, 0.3) is 6.08 Å². The van der Waals surface area contributed by atoms with Gasteiger partial charge in [0.05, 0.1) is 0 Å². The average Bonchev–Trinajstić information content (AvgIpc) is 2.84. The van der Waals surface area contributed by atoms with Crippen LogP contribution >= 0.6 is 0 Å². The smallest absolute Gasteiger partial charge is 0.344 e. The third-order valence-electron chi connectivity index (χ3n) is 3.79. The van der Waals surface area contributed by atoms with Crippen LogP contribution in [0.5, 0.6) is 5.75 Å². The van der Waals surface area contributed by atoms with Crippen LogP contribution in [0.4, 0.5) is 0 Å². The number of carboxylic acids is 1. The minimum atomic E-state index is -1.02. The summed E-state index contributed by atoms with van der Waals surface area (Å²) < 4.78 is 5.36. The number of fused-ring (bicyclic) bond motifs is 1. The van der Waals surface area contributed by atoms with E-state index >= 15 is 0 Å². The lowest BCUT2D eigenvalue weighted by molar-refractivity contribution is -0.144. The molecule has 23 heavy (non-hydrogen) atoms. The molecule has 0 saturated heterocycles. The van der Waals surface area contributed by atoms with Gasteiger partial charge < -0.3 is 9.84 Å². The molecular weight excluding hydrogens is 292 g/mol. The van der Waals surface area contributed by atoms with Gasteiger partial charge in [-0.15, -0.1) is 0 Å². The molecule has 0 bridgehead atoms. The molecule has 0 heterocycles. The zero-order valence-corrected chi connectivity index (χ0v) is 12.7. The van der Waals surface area contributed by atoms with Crippen molar-refractivity contribution >= 4 is 17.8 Å². The summed E-state index contributed by atoms with van der Waals surface area (Å²) in [6.07, 6.45) is 1.53. The summed E-state index contributed by atoms with van der Waals surface area (Å²) >= 11 is 0. The van der Waals surface area contributed by atoms with E-state index in [1.165, 1.54) is 6.92 Å². The molecule has 2 aromatic rings. The van der Waals surface area contributed by atoms with Crippen LogP contribution in [0, 0.1) is 0 Å². The highest BCUT2D eigenvalue weighted by Gasteiger charge is 2.23. The van der Waals surface area contributed by atoms with Gasteiger partial charge in [0, 0.05) is 17.6 Å². The molecule has 3 rings (SSSR count). The number of ketones is 1. The van der Waals surface area contributed by atoms with Crippen LogP contribution in [0.3, 0.4) is 0 Å². The monoisotopic (exact) mass is 308 g/mol. The van der Waals surface area contributed by atoms with Crippen LogP contribution in [-0.4, -0.2) is 23.0 Å². The zero-order valence-electron chi connectivity index (χ0n) is 12.7. The van der Waals surface area contributed by atoms with Gasteiger partial charge in [-0.1, -0.05) is 36.4 Å². The topological polar surface area (TPSA) is 63.6 Å². The number of carboxylic acid groups (broad SMARTS) is 1. The number of hydrogen-bond donors (Lipinski definition) is 1. The summed E-state index contributed by atoms with van der Waals surface area (Å²) in [5.74, 6) is -0.502. The molecule has 1 aliphatic carbocycles. The normalized spacial score (nSPS) is 16.2. The Bertz CT molecular complexity index is 805. The second-order valence-corrected chi connectivity index (χ2v) is 5.50. The van der Waals surface area contributed by atoms with Gasteiger partial charge >= 0.3 is 5.97 Å². The molecule has 0 saturated carbocycles. The number of aliphatic carboxylic acids is 1. The van der Waals surface area contributed by atoms with Gasteiger partial charge in [-0.3, -0.25) is 4.79 Å². The van der Waals surface area contributed by atoms with Crippen LogP contribution in [0.2, 0.25) is 0 Å². The van der Waals surface area contributed by atoms with Crippen molar-refractivity contribution in [3.05, 3.63) is 70.8 Å². The van der Waals surface area contributed by atoms with Crippen molar-refractivity contribution in [2.75, 3.05) is 0 Å². The fourth-order valence-electron chi connectivity index (χ4n) is 2.60. The van der Waals surface area contributed by atoms with Gasteiger partial charge in [0.15, 0.2) is 11.9 Å². The summed E-state index contributed by atoms with van der Waals surface area (Å²) in [5, 5.41) is 8.90. The quantitative estimate of drug-likeness (QED) is 0.880. The Morgan fingerprint density at radius 3 is 2.74 bits per heavy atom. The second-order valence-electron chi connectivity index (χ2n) is 5.50. The predicted molar refractivity (Wildman–Crippen MR) is 86.6 cm³/mol. The molecule has 0 radical (unpaired) electrons. The fraction of sp³-hybridized carbons (Fsp3) is 0.158. The van der Waals surface area contributed by atoms with E-state index in [2.05, 4.69) is 0 Å². The molecule has 0 aliphatic heterocycles. The number of Topliss-reactive ketones (excluding diaryl/α,β-unsaturated/α-hetero) is 1. The molecule has 4 heteroatoms. The number of rotatable bonds is 4.